The highest BCUT2D eigenvalue weighted by Crippen LogP contribution is 2.25. The highest BCUT2D eigenvalue weighted by atomic mass is 35.5. The summed E-state index contributed by atoms with van der Waals surface area (Å²) in [6.07, 6.45) is 2.38. The van der Waals surface area contributed by atoms with E-state index in [1.165, 1.54) is 6.92 Å². The van der Waals surface area contributed by atoms with Gasteiger partial charge >= 0.3 is 12.1 Å². The number of amides is 1. The van der Waals surface area contributed by atoms with Crippen LogP contribution >= 0.6 is 34.8 Å². The summed E-state index contributed by atoms with van der Waals surface area (Å²) < 4.78 is 10.4. The number of nitrogens with zero attached hydrogens (tertiary/aromatic N) is 2. The minimum Gasteiger partial charge on any atom is -0.425 e. The van der Waals surface area contributed by atoms with E-state index in [1.807, 2.05) is 48.5 Å². The molecule has 1 amide bonds. The van der Waals surface area contributed by atoms with Crippen LogP contribution in [-0.2, 0) is 20.7 Å². The lowest BCUT2D eigenvalue weighted by atomic mass is 10.1. The van der Waals surface area contributed by atoms with Gasteiger partial charge in [0.2, 0.25) is 6.29 Å². The molecule has 0 aliphatic heterocycles. The third-order valence-electron chi connectivity index (χ3n) is 6.39. The fourth-order valence-corrected chi connectivity index (χ4v) is 4.91. The number of benzene rings is 2. The number of halogens is 3. The van der Waals surface area contributed by atoms with E-state index in [0.717, 1.165) is 40.7 Å². The predicted molar refractivity (Wildman–Crippen MR) is 168 cm³/mol. The van der Waals surface area contributed by atoms with Gasteiger partial charge < -0.3 is 25.0 Å². The van der Waals surface area contributed by atoms with Gasteiger partial charge in [-0.3, -0.25) is 9.78 Å². The van der Waals surface area contributed by atoms with Crippen LogP contribution in [-0.4, -0.2) is 60.8 Å². The van der Waals surface area contributed by atoms with Gasteiger partial charge in [-0.2, -0.15) is 0 Å². The molecule has 1 heterocycles. The van der Waals surface area contributed by atoms with Crippen molar-refractivity contribution in [3.05, 3.63) is 65.3 Å². The van der Waals surface area contributed by atoms with Crippen molar-refractivity contribution in [2.75, 3.05) is 41.6 Å². The van der Waals surface area contributed by atoms with Crippen molar-refractivity contribution < 1.29 is 19.1 Å². The van der Waals surface area contributed by atoms with Crippen LogP contribution in [0.3, 0.4) is 0 Å². The number of pyridine rings is 1. The molecular formula is C30H37Cl3N4O4. The molecule has 2 atom stereocenters. The van der Waals surface area contributed by atoms with Gasteiger partial charge in [-0.1, -0.05) is 23.7 Å². The first kappa shape index (κ1) is 32.6. The van der Waals surface area contributed by atoms with Gasteiger partial charge in [0.1, 0.15) is 0 Å². The Morgan fingerprint density at radius 1 is 1.00 bits per heavy atom. The largest absolute Gasteiger partial charge is 0.425 e. The van der Waals surface area contributed by atoms with Crippen molar-refractivity contribution in [1.82, 2.24) is 10.3 Å². The molecule has 3 aromatic rings. The molecule has 2 unspecified atom stereocenters. The number of rotatable bonds is 16. The fraction of sp³-hybridized carbons (Fsp3) is 0.433. The number of esters is 1. The summed E-state index contributed by atoms with van der Waals surface area (Å²) in [5.74, 6) is 0.591. The van der Waals surface area contributed by atoms with Crippen molar-refractivity contribution >= 4 is 69.1 Å². The molecule has 0 saturated heterocycles. The quantitative estimate of drug-likeness (QED) is 0.0768. The molecule has 1 aromatic heterocycles. The molecule has 8 nitrogen and oxygen atoms in total. The number of alkyl halides is 2. The topological polar surface area (TPSA) is 92.8 Å². The van der Waals surface area contributed by atoms with Crippen LogP contribution in [0.25, 0.3) is 10.9 Å². The maximum Gasteiger partial charge on any atom is 0.410 e. The molecule has 41 heavy (non-hydrogen) atoms. The number of anilines is 2. The number of carbonyl (C=O) groups excluding carboxylic acids is 2. The van der Waals surface area contributed by atoms with E-state index in [-0.39, 0.29) is 12.5 Å². The van der Waals surface area contributed by atoms with E-state index in [0.29, 0.717) is 42.8 Å². The minimum atomic E-state index is -0.987. The monoisotopic (exact) mass is 622 g/mol. The lowest BCUT2D eigenvalue weighted by Gasteiger charge is -2.23. The molecule has 11 heteroatoms. The van der Waals surface area contributed by atoms with Crippen molar-refractivity contribution in [1.29, 1.82) is 0 Å². The summed E-state index contributed by atoms with van der Waals surface area (Å²) in [4.78, 5) is 30.8. The molecular weight excluding hydrogens is 587 g/mol. The zero-order chi connectivity index (χ0) is 29.6. The van der Waals surface area contributed by atoms with Gasteiger partial charge in [-0.05, 0) is 68.1 Å². The van der Waals surface area contributed by atoms with Crippen LogP contribution in [0.4, 0.5) is 16.2 Å². The normalized spacial score (nSPS) is 12.4. The Hall–Kier alpha value is -2.94. The number of alkyl carbamates (subject to hydrolysis) is 1. The summed E-state index contributed by atoms with van der Waals surface area (Å²) in [7, 11) is 0. The first-order valence-corrected chi connectivity index (χ1v) is 15.1. The molecule has 0 bridgehead atoms. The number of nitrogens with one attached hydrogen (secondary N) is 2. The molecule has 0 fully saturated rings. The number of fused-ring (bicyclic) bond motifs is 1. The second-order valence-corrected chi connectivity index (χ2v) is 10.8. The predicted octanol–water partition coefficient (Wildman–Crippen LogP) is 7.00. The van der Waals surface area contributed by atoms with Gasteiger partial charge in [-0.15, -0.1) is 23.2 Å². The average molecular weight is 624 g/mol. The molecule has 0 aliphatic rings. The van der Waals surface area contributed by atoms with Crippen LogP contribution in [0.2, 0.25) is 5.02 Å². The van der Waals surface area contributed by atoms with E-state index < -0.39 is 18.4 Å². The highest BCUT2D eigenvalue weighted by Gasteiger charge is 2.15. The summed E-state index contributed by atoms with van der Waals surface area (Å²) >= 11 is 17.8. The van der Waals surface area contributed by atoms with E-state index in [4.69, 9.17) is 44.3 Å². The molecule has 0 aliphatic carbocycles. The number of aryl methyl sites for hydroxylation is 1. The maximum atomic E-state index is 12.2. The Kier molecular flexibility index (Phi) is 13.6. The standard InChI is InChI=1S/C30H37Cl3N4O4/c1-21(36-27-13-17-34-28-20-24(33)8-11-26(27)28)4-3-16-35-30(39)41-22(2)40-29(38)12-7-23-5-9-25(10-6-23)37(18-14-31)19-15-32/h5-6,8-11,13,17,20-22H,3-4,7,12,14-16,18-19H2,1-2H3,(H,34,36)(H,35,39). The number of carbonyl (C=O) groups is 2. The second kappa shape index (κ2) is 17.1. The van der Waals surface area contributed by atoms with Gasteiger partial charge in [0.05, 0.1) is 5.52 Å². The van der Waals surface area contributed by atoms with Crippen LogP contribution in [0, 0.1) is 0 Å². The molecule has 2 N–H and O–H groups in total. The van der Waals surface area contributed by atoms with Crippen molar-refractivity contribution in [2.24, 2.45) is 0 Å². The van der Waals surface area contributed by atoms with Gasteiger partial charge in [-0.25, -0.2) is 4.79 Å². The van der Waals surface area contributed by atoms with Crippen LogP contribution in [0.1, 0.15) is 38.7 Å². The fourth-order valence-electron chi connectivity index (χ4n) is 4.34. The maximum absolute atomic E-state index is 12.2. The molecule has 3 rings (SSSR count). The average Bonchev–Trinajstić information content (AvgIpc) is 2.94. The summed E-state index contributed by atoms with van der Waals surface area (Å²) in [6, 6.07) is 15.6. The zero-order valence-electron chi connectivity index (χ0n) is 23.4. The molecule has 0 saturated carbocycles. The molecule has 0 spiro atoms. The summed E-state index contributed by atoms with van der Waals surface area (Å²) in [5, 5.41) is 7.84. The SMILES string of the molecule is CC(CCCNC(=O)OC(C)OC(=O)CCc1ccc(N(CCCl)CCCl)cc1)Nc1ccnc2cc(Cl)ccc12. The van der Waals surface area contributed by atoms with Crippen LogP contribution in [0.5, 0.6) is 0 Å². The lowest BCUT2D eigenvalue weighted by Crippen LogP contribution is -2.31. The van der Waals surface area contributed by atoms with E-state index in [2.05, 4.69) is 27.4 Å². The summed E-state index contributed by atoms with van der Waals surface area (Å²) in [5.41, 5.74) is 3.84. The van der Waals surface area contributed by atoms with Crippen LogP contribution < -0.4 is 15.5 Å². The Labute approximate surface area is 256 Å². The van der Waals surface area contributed by atoms with E-state index in [1.54, 1.807) is 6.20 Å². The van der Waals surface area contributed by atoms with Crippen molar-refractivity contribution in [3.63, 3.8) is 0 Å². The highest BCUT2D eigenvalue weighted by molar-refractivity contribution is 6.31. The van der Waals surface area contributed by atoms with Gasteiger partial charge in [0, 0.05) is 78.8 Å². The Bertz CT molecular complexity index is 1260. The van der Waals surface area contributed by atoms with E-state index >= 15 is 0 Å². The van der Waals surface area contributed by atoms with Crippen LogP contribution in [0.15, 0.2) is 54.7 Å². The number of aromatic nitrogens is 1. The third kappa shape index (κ3) is 11.1. The third-order valence-corrected chi connectivity index (χ3v) is 6.96. The van der Waals surface area contributed by atoms with Crippen molar-refractivity contribution in [2.45, 2.75) is 51.9 Å². The Morgan fingerprint density at radius 2 is 1.73 bits per heavy atom. The zero-order valence-corrected chi connectivity index (χ0v) is 25.6. The minimum absolute atomic E-state index is 0.167. The lowest BCUT2D eigenvalue weighted by molar-refractivity contribution is -0.164. The van der Waals surface area contributed by atoms with E-state index in [9.17, 15) is 9.59 Å². The molecule has 2 aromatic carbocycles. The smallest absolute Gasteiger partial charge is 0.410 e. The molecule has 222 valence electrons. The second-order valence-electron chi connectivity index (χ2n) is 9.63. The number of ether oxygens (including phenoxy) is 2. The van der Waals surface area contributed by atoms with Crippen molar-refractivity contribution in [3.8, 4) is 0 Å². The first-order chi connectivity index (χ1) is 19.8. The first-order valence-electron chi connectivity index (χ1n) is 13.7. The number of hydrogen-bond acceptors (Lipinski definition) is 7. The summed E-state index contributed by atoms with van der Waals surface area (Å²) in [6.45, 7) is 5.45. The van der Waals surface area contributed by atoms with Gasteiger partial charge in [0.25, 0.3) is 0 Å². The Morgan fingerprint density at radius 3 is 2.44 bits per heavy atom. The molecule has 0 radical (unpaired) electrons. The Balaban J connectivity index is 1.31. The van der Waals surface area contributed by atoms with Gasteiger partial charge in [0.15, 0.2) is 0 Å². The number of hydrogen-bond donors (Lipinski definition) is 2.